The van der Waals surface area contributed by atoms with Crippen molar-refractivity contribution in [3.05, 3.63) is 132 Å². The molecular weight excluding hydrogens is 502 g/mol. The van der Waals surface area contributed by atoms with E-state index in [1.54, 1.807) is 14.2 Å². The van der Waals surface area contributed by atoms with Gasteiger partial charge in [-0.05, 0) is 58.5 Å². The summed E-state index contributed by atoms with van der Waals surface area (Å²) in [5.41, 5.74) is 3.88. The average molecular weight is 536 g/mol. The van der Waals surface area contributed by atoms with Crippen LogP contribution < -0.4 is 9.47 Å². The molecule has 204 valence electrons. The maximum atomic E-state index is 11.1. The number of hydrogen-bond donors (Lipinski definition) is 2. The van der Waals surface area contributed by atoms with Crippen LogP contribution in [0.3, 0.4) is 0 Å². The lowest BCUT2D eigenvalue weighted by Gasteiger charge is -2.37. The fourth-order valence-electron chi connectivity index (χ4n) is 5.63. The van der Waals surface area contributed by atoms with Crippen molar-refractivity contribution in [3.63, 3.8) is 0 Å². The number of aliphatic hydroxyl groups is 1. The molecular formula is C34H33NO5. The fourth-order valence-corrected chi connectivity index (χ4v) is 5.63. The van der Waals surface area contributed by atoms with E-state index in [2.05, 4.69) is 29.2 Å². The predicted molar refractivity (Wildman–Crippen MR) is 155 cm³/mol. The maximum absolute atomic E-state index is 11.1. The summed E-state index contributed by atoms with van der Waals surface area (Å²) in [6, 6.07) is 36.2. The number of ether oxygens (including phenoxy) is 4. The molecule has 1 aliphatic heterocycles. The van der Waals surface area contributed by atoms with Crippen LogP contribution in [0.25, 0.3) is 10.9 Å². The van der Waals surface area contributed by atoms with Crippen molar-refractivity contribution in [3.8, 4) is 11.5 Å². The third-order valence-electron chi connectivity index (χ3n) is 7.76. The normalized spacial score (nSPS) is 19.1. The molecule has 0 amide bonds. The number of hydrogen-bond acceptors (Lipinski definition) is 5. The van der Waals surface area contributed by atoms with E-state index >= 15 is 0 Å². The molecule has 0 aliphatic carbocycles. The van der Waals surface area contributed by atoms with Crippen LogP contribution in [0.1, 0.15) is 34.9 Å². The zero-order valence-electron chi connectivity index (χ0n) is 22.6. The van der Waals surface area contributed by atoms with Gasteiger partial charge in [-0.3, -0.25) is 0 Å². The number of benzene rings is 4. The summed E-state index contributed by atoms with van der Waals surface area (Å²) in [6.45, 7) is 0.185. The molecule has 0 spiro atoms. The Morgan fingerprint density at radius 2 is 1.35 bits per heavy atom. The van der Waals surface area contributed by atoms with Gasteiger partial charge in [0.1, 0.15) is 29.3 Å². The molecule has 6 rings (SSSR count). The Morgan fingerprint density at radius 1 is 0.775 bits per heavy atom. The van der Waals surface area contributed by atoms with Crippen LogP contribution in [0.15, 0.2) is 109 Å². The highest BCUT2D eigenvalue weighted by Crippen LogP contribution is 2.43. The summed E-state index contributed by atoms with van der Waals surface area (Å²) in [5.74, 6) is 1.52. The number of aromatic nitrogens is 1. The summed E-state index contributed by atoms with van der Waals surface area (Å²) in [7, 11) is 3.31. The summed E-state index contributed by atoms with van der Waals surface area (Å²) >= 11 is 0. The first-order valence-corrected chi connectivity index (χ1v) is 13.5. The molecule has 1 saturated heterocycles. The number of para-hydroxylation sites is 1. The van der Waals surface area contributed by atoms with Crippen LogP contribution in [0, 0.1) is 0 Å². The molecule has 4 aromatic carbocycles. The van der Waals surface area contributed by atoms with E-state index in [1.165, 1.54) is 0 Å². The number of nitrogens with one attached hydrogen (secondary N) is 1. The van der Waals surface area contributed by atoms with Crippen molar-refractivity contribution in [2.24, 2.45) is 0 Å². The van der Waals surface area contributed by atoms with Gasteiger partial charge in [0.15, 0.2) is 0 Å². The van der Waals surface area contributed by atoms with Crippen LogP contribution in [-0.4, -0.2) is 43.1 Å². The number of aliphatic hydroxyl groups excluding tert-OH is 1. The maximum Gasteiger partial charge on any atom is 0.143 e. The van der Waals surface area contributed by atoms with Gasteiger partial charge in [0.2, 0.25) is 0 Å². The Bertz CT molecular complexity index is 1460. The van der Waals surface area contributed by atoms with Gasteiger partial charge in [-0.1, -0.05) is 72.8 Å². The average Bonchev–Trinajstić information content (AvgIpc) is 3.62. The quantitative estimate of drug-likeness (QED) is 0.214. The van der Waals surface area contributed by atoms with Crippen LogP contribution in [-0.2, 0) is 15.1 Å². The molecule has 2 N–H and O–H groups in total. The first-order valence-electron chi connectivity index (χ1n) is 13.5. The Hall–Kier alpha value is -4.10. The predicted octanol–water partition coefficient (Wildman–Crippen LogP) is 6.38. The highest BCUT2D eigenvalue weighted by Gasteiger charge is 2.42. The first-order chi connectivity index (χ1) is 19.6. The molecule has 0 radical (unpaired) electrons. The standard InChI is InChI=1S/C34H33NO5/c1-37-27-16-12-25(13-17-27)34(24-9-4-3-5-10-24,26-14-18-28(38-2)19-15-26)39-22-33-31(36)21-32(40-33)30-20-23-8-6-7-11-29(23)35-30/h3-20,31-33,35-36H,21-22H2,1-2H3/t31-,32+,33+/m0/s1. The molecule has 2 heterocycles. The van der Waals surface area contributed by atoms with Gasteiger partial charge < -0.3 is 29.0 Å². The lowest BCUT2D eigenvalue weighted by molar-refractivity contribution is -0.0832. The van der Waals surface area contributed by atoms with Gasteiger partial charge in [-0.25, -0.2) is 0 Å². The minimum absolute atomic E-state index is 0.185. The number of aromatic amines is 1. The molecule has 3 atom stereocenters. The molecule has 0 saturated carbocycles. The Kier molecular flexibility index (Phi) is 7.30. The zero-order chi connectivity index (χ0) is 27.5. The summed E-state index contributed by atoms with van der Waals surface area (Å²) < 4.78 is 24.3. The van der Waals surface area contributed by atoms with E-state index in [0.29, 0.717) is 6.42 Å². The number of H-pyrrole nitrogens is 1. The van der Waals surface area contributed by atoms with Crippen molar-refractivity contribution in [1.82, 2.24) is 4.98 Å². The minimum Gasteiger partial charge on any atom is -0.497 e. The second-order valence-electron chi connectivity index (χ2n) is 10.1. The molecule has 5 aromatic rings. The Morgan fingerprint density at radius 3 is 1.95 bits per heavy atom. The molecule has 6 heteroatoms. The van der Waals surface area contributed by atoms with Gasteiger partial charge in [0.05, 0.1) is 26.9 Å². The zero-order valence-corrected chi connectivity index (χ0v) is 22.6. The molecule has 1 fully saturated rings. The fraction of sp³-hybridized carbons (Fsp3) is 0.235. The second kappa shape index (κ2) is 11.2. The van der Waals surface area contributed by atoms with E-state index in [0.717, 1.165) is 44.8 Å². The summed E-state index contributed by atoms with van der Waals surface area (Å²) in [4.78, 5) is 3.45. The lowest BCUT2D eigenvalue weighted by Crippen LogP contribution is -2.38. The molecule has 40 heavy (non-hydrogen) atoms. The Labute approximate surface area is 234 Å². The van der Waals surface area contributed by atoms with Crippen molar-refractivity contribution < 1.29 is 24.1 Å². The van der Waals surface area contributed by atoms with Gasteiger partial charge in [-0.2, -0.15) is 0 Å². The first kappa shape index (κ1) is 26.1. The van der Waals surface area contributed by atoms with Gasteiger partial charge >= 0.3 is 0 Å². The molecule has 6 nitrogen and oxygen atoms in total. The highest BCUT2D eigenvalue weighted by molar-refractivity contribution is 5.80. The van der Waals surface area contributed by atoms with Crippen LogP contribution in [0.4, 0.5) is 0 Å². The smallest absolute Gasteiger partial charge is 0.143 e. The topological polar surface area (TPSA) is 72.9 Å². The Balaban J connectivity index is 1.36. The van der Waals surface area contributed by atoms with E-state index in [1.807, 2.05) is 84.9 Å². The van der Waals surface area contributed by atoms with Crippen molar-refractivity contribution in [1.29, 1.82) is 0 Å². The molecule has 0 bridgehead atoms. The molecule has 1 aliphatic rings. The van der Waals surface area contributed by atoms with E-state index in [9.17, 15) is 5.11 Å². The van der Waals surface area contributed by atoms with Gasteiger partial charge in [0.25, 0.3) is 0 Å². The summed E-state index contributed by atoms with van der Waals surface area (Å²) in [5, 5.41) is 12.2. The van der Waals surface area contributed by atoms with Crippen molar-refractivity contribution >= 4 is 10.9 Å². The minimum atomic E-state index is -0.970. The van der Waals surface area contributed by atoms with E-state index in [-0.39, 0.29) is 12.7 Å². The monoisotopic (exact) mass is 535 g/mol. The lowest BCUT2D eigenvalue weighted by atomic mass is 9.80. The summed E-state index contributed by atoms with van der Waals surface area (Å²) in [6.07, 6.45) is -0.929. The van der Waals surface area contributed by atoms with Crippen LogP contribution >= 0.6 is 0 Å². The number of rotatable bonds is 9. The number of methoxy groups -OCH3 is 2. The molecule has 0 unspecified atom stereocenters. The van der Waals surface area contributed by atoms with Gasteiger partial charge in [-0.15, -0.1) is 0 Å². The highest BCUT2D eigenvalue weighted by atomic mass is 16.6. The van der Waals surface area contributed by atoms with Crippen molar-refractivity contribution in [2.75, 3.05) is 20.8 Å². The third kappa shape index (κ3) is 4.86. The van der Waals surface area contributed by atoms with E-state index < -0.39 is 17.8 Å². The van der Waals surface area contributed by atoms with Gasteiger partial charge in [0, 0.05) is 17.6 Å². The SMILES string of the molecule is COc1ccc(C(OC[C@H]2O[C@@H](c3cc4ccccc4[nH]3)C[C@@H]2O)(c2ccccc2)c2ccc(OC)cc2)cc1. The number of fused-ring (bicyclic) bond motifs is 1. The molecule has 1 aromatic heterocycles. The van der Waals surface area contributed by atoms with Crippen LogP contribution in [0.5, 0.6) is 11.5 Å². The van der Waals surface area contributed by atoms with Crippen LogP contribution in [0.2, 0.25) is 0 Å². The largest absolute Gasteiger partial charge is 0.497 e. The second-order valence-corrected chi connectivity index (χ2v) is 10.1. The third-order valence-corrected chi connectivity index (χ3v) is 7.76. The van der Waals surface area contributed by atoms with E-state index in [4.69, 9.17) is 18.9 Å². The van der Waals surface area contributed by atoms with Crippen molar-refractivity contribution in [2.45, 2.75) is 30.3 Å².